The van der Waals surface area contributed by atoms with Gasteiger partial charge in [0.15, 0.2) is 0 Å². The second-order valence-corrected chi connectivity index (χ2v) is 4.99. The third-order valence-corrected chi connectivity index (χ3v) is 3.60. The highest BCUT2D eigenvalue weighted by Gasteiger charge is 2.21. The Balaban J connectivity index is 2.09. The maximum absolute atomic E-state index is 3.50. The monoisotopic (exact) mass is 232 g/mol. The largest absolute Gasteiger partial charge is 0.369 e. The zero-order chi connectivity index (χ0) is 12.1. The Kier molecular flexibility index (Phi) is 4.43. The van der Waals surface area contributed by atoms with E-state index in [9.17, 15) is 0 Å². The van der Waals surface area contributed by atoms with Crippen LogP contribution in [-0.2, 0) is 6.54 Å². The molecule has 0 aromatic heterocycles. The normalized spacial score (nSPS) is 19.9. The number of hydrogen-bond donors (Lipinski definition) is 1. The average molecular weight is 232 g/mol. The molecule has 2 nitrogen and oxygen atoms in total. The number of nitrogens with one attached hydrogen (secondary N) is 1. The molecule has 0 amide bonds. The van der Waals surface area contributed by atoms with Crippen molar-refractivity contribution < 1.29 is 0 Å². The zero-order valence-electron chi connectivity index (χ0n) is 11.1. The van der Waals surface area contributed by atoms with Crippen molar-refractivity contribution in [2.45, 2.75) is 45.7 Å². The summed E-state index contributed by atoms with van der Waals surface area (Å²) in [6.07, 6.45) is 3.86. The maximum atomic E-state index is 3.50. The summed E-state index contributed by atoms with van der Waals surface area (Å²) in [5, 5.41) is 3.50. The van der Waals surface area contributed by atoms with Crippen LogP contribution in [0, 0.1) is 0 Å². The van der Waals surface area contributed by atoms with Crippen LogP contribution in [0.1, 0.15) is 38.7 Å². The summed E-state index contributed by atoms with van der Waals surface area (Å²) in [6, 6.07) is 9.52. The van der Waals surface area contributed by atoms with Crippen molar-refractivity contribution >= 4 is 5.69 Å². The van der Waals surface area contributed by atoms with E-state index in [-0.39, 0.29) is 0 Å². The van der Waals surface area contributed by atoms with Crippen LogP contribution in [0.5, 0.6) is 0 Å². The SMILES string of the molecule is CCCNCc1ccccc1N1CCCC1C. The molecule has 1 saturated heterocycles. The van der Waals surface area contributed by atoms with Gasteiger partial charge in [0, 0.05) is 24.8 Å². The lowest BCUT2D eigenvalue weighted by atomic mass is 10.1. The molecule has 1 aliphatic rings. The maximum Gasteiger partial charge on any atom is 0.0414 e. The first kappa shape index (κ1) is 12.4. The quantitative estimate of drug-likeness (QED) is 0.784. The van der Waals surface area contributed by atoms with Crippen molar-refractivity contribution in [1.29, 1.82) is 0 Å². The summed E-state index contributed by atoms with van der Waals surface area (Å²) >= 11 is 0. The predicted molar refractivity (Wildman–Crippen MR) is 74.5 cm³/mol. The van der Waals surface area contributed by atoms with E-state index < -0.39 is 0 Å². The van der Waals surface area contributed by atoms with Gasteiger partial charge in [-0.05, 0) is 44.4 Å². The highest BCUT2D eigenvalue weighted by molar-refractivity contribution is 5.55. The summed E-state index contributed by atoms with van der Waals surface area (Å²) in [6.45, 7) is 7.85. The fourth-order valence-corrected chi connectivity index (χ4v) is 2.63. The molecule has 0 saturated carbocycles. The van der Waals surface area contributed by atoms with Gasteiger partial charge in [-0.25, -0.2) is 0 Å². The Labute approximate surface area is 105 Å². The van der Waals surface area contributed by atoms with E-state index in [1.54, 1.807) is 0 Å². The molecule has 2 heteroatoms. The zero-order valence-corrected chi connectivity index (χ0v) is 11.1. The molecule has 17 heavy (non-hydrogen) atoms. The van der Waals surface area contributed by atoms with Gasteiger partial charge < -0.3 is 10.2 Å². The van der Waals surface area contributed by atoms with E-state index in [4.69, 9.17) is 0 Å². The van der Waals surface area contributed by atoms with Crippen LogP contribution in [0.3, 0.4) is 0 Å². The summed E-state index contributed by atoms with van der Waals surface area (Å²) in [5.74, 6) is 0. The summed E-state index contributed by atoms with van der Waals surface area (Å²) < 4.78 is 0. The molecule has 1 N–H and O–H groups in total. The minimum Gasteiger partial charge on any atom is -0.369 e. The van der Waals surface area contributed by atoms with Crippen LogP contribution < -0.4 is 10.2 Å². The molecule has 0 bridgehead atoms. The fourth-order valence-electron chi connectivity index (χ4n) is 2.63. The Morgan fingerprint density at radius 2 is 2.18 bits per heavy atom. The molecule has 1 aliphatic heterocycles. The lowest BCUT2D eigenvalue weighted by Gasteiger charge is -2.26. The molecule has 0 spiro atoms. The first-order valence-corrected chi connectivity index (χ1v) is 6.88. The third-order valence-electron chi connectivity index (χ3n) is 3.60. The third kappa shape index (κ3) is 3.01. The van der Waals surface area contributed by atoms with Crippen molar-refractivity contribution in [2.24, 2.45) is 0 Å². The fraction of sp³-hybridized carbons (Fsp3) is 0.600. The average Bonchev–Trinajstić information content (AvgIpc) is 2.76. The topological polar surface area (TPSA) is 15.3 Å². The van der Waals surface area contributed by atoms with E-state index in [0.29, 0.717) is 6.04 Å². The van der Waals surface area contributed by atoms with Crippen LogP contribution in [0.25, 0.3) is 0 Å². The van der Waals surface area contributed by atoms with E-state index in [2.05, 4.69) is 48.3 Å². The molecular weight excluding hydrogens is 208 g/mol. The standard InChI is InChI=1S/C15H24N2/c1-3-10-16-12-14-8-4-5-9-15(14)17-11-6-7-13(17)2/h4-5,8-9,13,16H,3,6-7,10-12H2,1-2H3. The van der Waals surface area contributed by atoms with Crippen molar-refractivity contribution in [3.63, 3.8) is 0 Å². The van der Waals surface area contributed by atoms with Crippen molar-refractivity contribution in [3.05, 3.63) is 29.8 Å². The second-order valence-electron chi connectivity index (χ2n) is 4.99. The van der Waals surface area contributed by atoms with Crippen LogP contribution in [0.2, 0.25) is 0 Å². The van der Waals surface area contributed by atoms with Gasteiger partial charge >= 0.3 is 0 Å². The molecular formula is C15H24N2. The molecule has 1 heterocycles. The number of nitrogens with zero attached hydrogens (tertiary/aromatic N) is 1. The van der Waals surface area contributed by atoms with Gasteiger partial charge in [-0.15, -0.1) is 0 Å². The number of benzene rings is 1. The van der Waals surface area contributed by atoms with Gasteiger partial charge in [-0.3, -0.25) is 0 Å². The predicted octanol–water partition coefficient (Wildman–Crippen LogP) is 3.17. The van der Waals surface area contributed by atoms with E-state index in [1.165, 1.54) is 37.1 Å². The molecule has 2 rings (SSSR count). The molecule has 1 fully saturated rings. The van der Waals surface area contributed by atoms with Gasteiger partial charge in [0.1, 0.15) is 0 Å². The first-order chi connectivity index (χ1) is 8.33. The van der Waals surface area contributed by atoms with Gasteiger partial charge in [-0.2, -0.15) is 0 Å². The van der Waals surface area contributed by atoms with Crippen LogP contribution in [0.15, 0.2) is 24.3 Å². The Bertz CT molecular complexity index is 349. The Morgan fingerprint density at radius 3 is 2.88 bits per heavy atom. The molecule has 1 aromatic carbocycles. The van der Waals surface area contributed by atoms with Gasteiger partial charge in [0.05, 0.1) is 0 Å². The number of para-hydroxylation sites is 1. The highest BCUT2D eigenvalue weighted by Crippen LogP contribution is 2.28. The second kappa shape index (κ2) is 6.06. The van der Waals surface area contributed by atoms with Gasteiger partial charge in [-0.1, -0.05) is 25.1 Å². The molecule has 1 atom stereocenters. The molecule has 1 unspecified atom stereocenters. The lowest BCUT2D eigenvalue weighted by Crippen LogP contribution is -2.28. The molecule has 0 aliphatic carbocycles. The smallest absolute Gasteiger partial charge is 0.0414 e. The Morgan fingerprint density at radius 1 is 1.35 bits per heavy atom. The van der Waals surface area contributed by atoms with Crippen LogP contribution in [0.4, 0.5) is 5.69 Å². The van der Waals surface area contributed by atoms with Gasteiger partial charge in [0.2, 0.25) is 0 Å². The molecule has 0 radical (unpaired) electrons. The number of rotatable bonds is 5. The van der Waals surface area contributed by atoms with Crippen molar-refractivity contribution in [1.82, 2.24) is 5.32 Å². The van der Waals surface area contributed by atoms with Crippen LogP contribution in [-0.4, -0.2) is 19.1 Å². The van der Waals surface area contributed by atoms with E-state index in [1.807, 2.05) is 0 Å². The number of hydrogen-bond acceptors (Lipinski definition) is 2. The van der Waals surface area contributed by atoms with Crippen molar-refractivity contribution in [3.8, 4) is 0 Å². The van der Waals surface area contributed by atoms with E-state index in [0.717, 1.165) is 13.1 Å². The first-order valence-electron chi connectivity index (χ1n) is 6.88. The molecule has 1 aromatic rings. The lowest BCUT2D eigenvalue weighted by molar-refractivity contribution is 0.669. The summed E-state index contributed by atoms with van der Waals surface area (Å²) in [4.78, 5) is 2.56. The van der Waals surface area contributed by atoms with Gasteiger partial charge in [0.25, 0.3) is 0 Å². The van der Waals surface area contributed by atoms with E-state index >= 15 is 0 Å². The summed E-state index contributed by atoms with van der Waals surface area (Å²) in [7, 11) is 0. The highest BCUT2D eigenvalue weighted by atomic mass is 15.2. The molecule has 94 valence electrons. The minimum absolute atomic E-state index is 0.697. The van der Waals surface area contributed by atoms with Crippen molar-refractivity contribution in [2.75, 3.05) is 18.0 Å². The summed E-state index contributed by atoms with van der Waals surface area (Å²) in [5.41, 5.74) is 2.87. The van der Waals surface area contributed by atoms with Crippen LogP contribution >= 0.6 is 0 Å². The number of anilines is 1. The minimum atomic E-state index is 0.697. The Hall–Kier alpha value is -1.02.